The van der Waals surface area contributed by atoms with Gasteiger partial charge in [0.25, 0.3) is 11.5 Å². The van der Waals surface area contributed by atoms with E-state index in [9.17, 15) is 62.6 Å². The van der Waals surface area contributed by atoms with Crippen LogP contribution in [0.4, 0.5) is 29.7 Å². The zero-order valence-corrected chi connectivity index (χ0v) is 85.8. The first-order valence-electron chi connectivity index (χ1n) is 46.8. The van der Waals surface area contributed by atoms with E-state index in [1.54, 1.807) is 106 Å². The number of amides is 11. The Labute approximate surface area is 846 Å². The molecular weight excluding hydrogens is 1930 g/mol. The molecular formula is C96H145ClN14O30S2. The van der Waals surface area contributed by atoms with Crippen molar-refractivity contribution in [2.24, 2.45) is 17.6 Å². The molecule has 2 heterocycles. The second-order valence-electron chi connectivity index (χ2n) is 32.3. The zero-order valence-electron chi connectivity index (χ0n) is 83.4. The highest BCUT2D eigenvalue weighted by Crippen LogP contribution is 2.32. The van der Waals surface area contributed by atoms with Crippen molar-refractivity contribution in [2.45, 2.75) is 212 Å². The number of carboxylic acids is 1. The minimum atomic E-state index is -1.13. The number of aromatic nitrogens is 3. The summed E-state index contributed by atoms with van der Waals surface area (Å²) in [6, 6.07) is 30.2. The van der Waals surface area contributed by atoms with Crippen molar-refractivity contribution >= 4 is 116 Å². The van der Waals surface area contributed by atoms with Gasteiger partial charge in [0.2, 0.25) is 23.6 Å². The second kappa shape index (κ2) is 73.8. The number of hydrogen-bond donors (Lipinski definition) is 16. The summed E-state index contributed by atoms with van der Waals surface area (Å²) in [5.74, 6) is -2.77. The maximum absolute atomic E-state index is 14.6. The molecule has 0 aliphatic heterocycles. The average molecular weight is 2070 g/mol. The van der Waals surface area contributed by atoms with Crippen molar-refractivity contribution in [1.29, 1.82) is 0 Å². The maximum Gasteiger partial charge on any atom is 0.407 e. The Kier molecular flexibility index (Phi) is 65.0. The van der Waals surface area contributed by atoms with Crippen molar-refractivity contribution in [2.75, 3.05) is 138 Å². The Balaban J connectivity index is 0.000000713. The van der Waals surface area contributed by atoms with E-state index in [4.69, 9.17) is 105 Å². The van der Waals surface area contributed by atoms with E-state index in [2.05, 4.69) is 52.8 Å². The predicted molar refractivity (Wildman–Crippen MR) is 534 cm³/mol. The van der Waals surface area contributed by atoms with Crippen molar-refractivity contribution in [1.82, 2.24) is 62.0 Å². The molecule has 17 N–H and O–H groups in total. The number of nitrogens with two attached hydrogens (primary N) is 1. The number of aliphatic hydroxyl groups is 5. The number of carboxylic acid groups (broad SMARTS) is 1. The average Bonchev–Trinajstić information content (AvgIpc) is 0.757. The fraction of sp³-hybridized carbons (Fsp3) is 0.562. The summed E-state index contributed by atoms with van der Waals surface area (Å²) in [6.45, 7) is 16.4. The second-order valence-corrected chi connectivity index (χ2v) is 35.1. The normalized spacial score (nSPS) is 13.3. The SMILES string of the molecule is CCC(CO)OC(CO)OC.CCC(CO)OC(COC(=O)NCCC(=O)NCCSSc1ccccn1)OC.CCC(CO)OC(COC(=O)NCCC(=O)N[C@@H](C(=O)N[C@H](CCCNC(N)=O)C(=O)Nc1ccc(COC(=O)NCCCN(C(=O)c2ccc(C)cc2)[C@@H](c2nc3cc(Cl)ccc3c(=O)n2Cc2ccccc2)C(C)C)cc1)C(C)C)OC.CCC(CO)OC(COC(=O)NCCC(=O)O)OC. The summed E-state index contributed by atoms with van der Waals surface area (Å²) in [5.41, 5.74) is 8.59. The number of primary amides is 1. The molecule has 11 amide bonds. The number of pyridine rings is 1. The van der Waals surface area contributed by atoms with Crippen LogP contribution >= 0.6 is 33.2 Å². The van der Waals surface area contributed by atoms with Crippen LogP contribution in [0.25, 0.3) is 10.9 Å². The van der Waals surface area contributed by atoms with E-state index in [0.717, 1.165) is 21.9 Å². The molecule has 44 nitrogen and oxygen atoms in total. The molecule has 47 heteroatoms. The van der Waals surface area contributed by atoms with Crippen LogP contribution in [0, 0.1) is 18.8 Å². The number of benzene rings is 4. The fourth-order valence-electron chi connectivity index (χ4n) is 12.6. The van der Waals surface area contributed by atoms with Gasteiger partial charge < -0.3 is 146 Å². The van der Waals surface area contributed by atoms with Crippen LogP contribution in [0.1, 0.15) is 159 Å². The number of halogens is 1. The van der Waals surface area contributed by atoms with E-state index in [1.807, 2.05) is 109 Å². The number of rotatable bonds is 63. The Morgan fingerprint density at radius 3 is 1.51 bits per heavy atom. The maximum atomic E-state index is 14.6. The van der Waals surface area contributed by atoms with Gasteiger partial charge in [-0.3, -0.25) is 38.1 Å². The number of aliphatic carboxylic acids is 1. The number of methoxy groups -OCH3 is 4. The predicted octanol–water partition coefficient (Wildman–Crippen LogP) is 7.95. The molecule has 0 saturated carbocycles. The summed E-state index contributed by atoms with van der Waals surface area (Å²) in [6.07, 6.45) is -3.00. The van der Waals surface area contributed by atoms with Crippen molar-refractivity contribution < 1.29 is 140 Å². The van der Waals surface area contributed by atoms with Crippen LogP contribution in [0.15, 0.2) is 131 Å². The fourth-order valence-corrected chi connectivity index (χ4v) is 14.5. The van der Waals surface area contributed by atoms with Gasteiger partial charge in [-0.15, -0.1) is 0 Å². The number of fused-ring (bicyclic) bond motifs is 1. The van der Waals surface area contributed by atoms with E-state index in [0.29, 0.717) is 77.2 Å². The summed E-state index contributed by atoms with van der Waals surface area (Å²) in [5, 5.41) is 78.3. The van der Waals surface area contributed by atoms with Crippen molar-refractivity contribution in [3.05, 3.63) is 165 Å². The molecule has 0 aliphatic rings. The molecule has 0 radical (unpaired) electrons. The molecule has 11 atom stereocenters. The Hall–Kier alpha value is -11.2. The number of anilines is 1. The number of carbonyl (C=O) groups is 11. The molecule has 6 rings (SSSR count). The third-order valence-corrected chi connectivity index (χ3v) is 23.1. The smallest absolute Gasteiger partial charge is 0.407 e. The Morgan fingerprint density at radius 2 is 1.03 bits per heavy atom. The highest BCUT2D eigenvalue weighted by Gasteiger charge is 2.35. The zero-order chi connectivity index (χ0) is 106. The quantitative estimate of drug-likeness (QED) is 0.00745. The topological polar surface area (TPSA) is 605 Å². The van der Waals surface area contributed by atoms with E-state index in [-0.39, 0.29) is 179 Å². The van der Waals surface area contributed by atoms with Gasteiger partial charge in [-0.2, -0.15) is 0 Å². The number of aryl methyl sites for hydroxylation is 1. The van der Waals surface area contributed by atoms with Crippen LogP contribution in [0.2, 0.25) is 5.02 Å². The third-order valence-electron chi connectivity index (χ3n) is 20.6. The molecule has 0 fully saturated rings. The van der Waals surface area contributed by atoms with Crippen LogP contribution in [0.3, 0.4) is 0 Å². The van der Waals surface area contributed by atoms with Crippen LogP contribution in [-0.4, -0.2) is 311 Å². The molecule has 4 aromatic carbocycles. The first kappa shape index (κ1) is 126. The number of nitrogens with zero attached hydrogens (tertiary/aromatic N) is 4. The molecule has 0 aliphatic carbocycles. The number of hydrogen-bond acceptors (Lipinski definition) is 33. The lowest BCUT2D eigenvalue weighted by molar-refractivity contribution is -0.181. The highest BCUT2D eigenvalue weighted by atomic mass is 35.5. The number of alkyl carbamates (subject to hydrolysis) is 4. The largest absolute Gasteiger partial charge is 0.481 e. The molecule has 6 aromatic rings. The van der Waals surface area contributed by atoms with Gasteiger partial charge in [-0.05, 0) is 140 Å². The molecule has 2 aromatic heterocycles. The molecule has 8 unspecified atom stereocenters. The van der Waals surface area contributed by atoms with Crippen LogP contribution in [-0.2, 0) is 94.0 Å². The standard InChI is InChI=1S/C60H79ClN10O13.C18H29N3O6S2.C11H21NO7.C7H16O4/c1-8-45(34-72)84-50(81-7)36-83-60(80)65-30-27-49(73)69-51(37(2)3)55(75)68-47(16-12-28-63-58(62)78)54(74)66-44-24-19-41(20-25-44)35-82-59(79)64-29-13-31-70(56(76)42-21-17-39(6)18-22-42)52(38(4)5)53-67-48-32-43(61)23-26-46(48)57(77)71(53)33-40-14-10-9-11-15-40;1-3-14(12-22)27-17(25-2)13-26-18(24)21-9-7-15(23)19-10-11-28-29-16-6-4-5-8-20-16;1-3-8(6-13)19-10(17-2)7-18-11(16)12-5-4-9(14)15;1-3-6(4-8)11-7(5-9)10-2/h9-11,14-15,17-26,32,37-38,45,47,50-52,72H,8,12-13,16,27-31,33-36H2,1-7H3,(H,64,79)(H,65,80)(H,66,74)(H,68,75)(H,69,73)(H3,62,63,78);4-6,8,14,17,22H,3,7,9-13H2,1-2H3,(H,19,23)(H,21,24);8,10,13H,3-7H2,1-2H3,(H,12,16)(H,14,15);6-9H,3-5H2,1-2H3/t45?,47-,50?,51-,52-;;;/m1.../s1. The van der Waals surface area contributed by atoms with Crippen molar-refractivity contribution in [3.63, 3.8) is 0 Å². The lowest BCUT2D eigenvalue weighted by Gasteiger charge is -2.35. The first-order chi connectivity index (χ1) is 68.6. The van der Waals surface area contributed by atoms with Gasteiger partial charge in [-0.25, -0.2) is 33.9 Å². The van der Waals surface area contributed by atoms with Gasteiger partial charge >= 0.3 is 36.4 Å². The van der Waals surface area contributed by atoms with Gasteiger partial charge in [0, 0.05) is 115 Å². The summed E-state index contributed by atoms with van der Waals surface area (Å²) in [4.78, 5) is 162. The Morgan fingerprint density at radius 1 is 0.524 bits per heavy atom. The molecule has 143 heavy (non-hydrogen) atoms. The summed E-state index contributed by atoms with van der Waals surface area (Å²) >= 11 is 6.42. The number of aliphatic hydroxyl groups excluding tert-OH is 5. The van der Waals surface area contributed by atoms with E-state index >= 15 is 0 Å². The molecule has 0 spiro atoms. The highest BCUT2D eigenvalue weighted by molar-refractivity contribution is 8.76. The molecule has 798 valence electrons. The lowest BCUT2D eigenvalue weighted by Crippen LogP contribution is -2.54. The first-order valence-corrected chi connectivity index (χ1v) is 49.5. The van der Waals surface area contributed by atoms with Gasteiger partial charge in [0.15, 0.2) is 25.2 Å². The number of urea groups is 1. The third kappa shape index (κ3) is 52.3. The number of nitrogens with one attached hydrogen (secondary N) is 9. The minimum absolute atomic E-state index is 0.0130. The van der Waals surface area contributed by atoms with Gasteiger partial charge in [0.1, 0.15) is 49.4 Å². The van der Waals surface area contributed by atoms with E-state index in [1.165, 1.54) is 28.4 Å². The van der Waals surface area contributed by atoms with Crippen LogP contribution < -0.4 is 59.1 Å². The minimum Gasteiger partial charge on any atom is -0.481 e. The molecule has 0 bridgehead atoms. The van der Waals surface area contributed by atoms with Crippen LogP contribution in [0.5, 0.6) is 0 Å². The van der Waals surface area contributed by atoms with E-state index < -0.39 is 109 Å². The van der Waals surface area contributed by atoms with Gasteiger partial charge in [0.05, 0.1) is 87.4 Å². The number of carbonyl (C=O) groups excluding carboxylic acids is 10. The van der Waals surface area contributed by atoms with Gasteiger partial charge in [-0.1, -0.05) is 144 Å². The summed E-state index contributed by atoms with van der Waals surface area (Å²) < 4.78 is 63.3. The Bertz CT molecular complexity index is 4720. The van der Waals surface area contributed by atoms with Crippen molar-refractivity contribution in [3.8, 4) is 0 Å². The molecule has 0 saturated heterocycles. The lowest BCUT2D eigenvalue weighted by atomic mass is 9.98. The summed E-state index contributed by atoms with van der Waals surface area (Å²) in [7, 11) is 8.79. The monoisotopic (exact) mass is 2070 g/mol. The number of ether oxygens (including phenoxy) is 12.